The van der Waals surface area contributed by atoms with E-state index in [2.05, 4.69) is 63.7 Å². The number of piperidine rings is 1. The molecule has 12 amide bonds. The number of rotatable bonds is 54. The van der Waals surface area contributed by atoms with Crippen molar-refractivity contribution >= 4 is 146 Å². The fourth-order valence-corrected chi connectivity index (χ4v) is 15.5. The summed E-state index contributed by atoms with van der Waals surface area (Å²) in [5, 5.41) is 90.6. The standard InChI is InChI=1S/C79H114N14O28S3/c1-10-17-64(102)120-41-93(73(109)65(43(5)11-2)89-71(108)58-20-13-15-31-92(58)9)59(42(3)4)38-60(121-46(8)94)72-86-56(39-122-72)70(107)81-50(35-47-22-28-51(95)29-23-47)34-44(6)66(103)90-91-79(118)119-32-33-123-124-40-57(76(114)115)85-69(106)55(37-63(100)101)84-68(105)54(36-62(98)99)83-67(104)45(7)48-24-26-49(27-25-48)82-77(116)80-30-14-12-18-52(74(110)111)87-78(117)88-53(75(112)113)19-16-21-61(96)97/h22-29,39,42-45,50,52-55,57-60,65,95H,10-21,30-38,40-41H2,1-9H3,(H,81,107)(H,83,104)(H,84,105)(H,85,106)(H,89,108)(H,90,103)(H,91,118)(H,96,97)(H,98,99)(H,100,101)(H,110,111)(H,112,113)(H,114,115)(H2,80,82,116)(H2,87,88,117)/t43?,44-,45+,50+,52-,53-,54-,55-,57-,58+,59+,60+,65-/m0/s1. The van der Waals surface area contributed by atoms with E-state index in [4.69, 9.17) is 19.3 Å². The van der Waals surface area contributed by atoms with E-state index in [0.29, 0.717) is 31.4 Å². The molecule has 1 fully saturated rings. The number of nitrogens with one attached hydrogen (secondary N) is 11. The van der Waals surface area contributed by atoms with Crippen molar-refractivity contribution in [1.82, 2.24) is 68.2 Å². The zero-order valence-corrected chi connectivity index (χ0v) is 72.8. The predicted octanol–water partition coefficient (Wildman–Crippen LogP) is 4.56. The lowest BCUT2D eigenvalue weighted by molar-refractivity contribution is -0.161. The van der Waals surface area contributed by atoms with Gasteiger partial charge < -0.3 is 103 Å². The Morgan fingerprint density at radius 1 is 0.637 bits per heavy atom. The fraction of sp³-hybridized carbons (Fsp3) is 0.582. The van der Waals surface area contributed by atoms with E-state index in [1.165, 1.54) is 67.4 Å². The molecule has 2 aromatic carbocycles. The second-order valence-corrected chi connectivity index (χ2v) is 33.5. The molecule has 0 aliphatic carbocycles. The van der Waals surface area contributed by atoms with Gasteiger partial charge in [-0.05, 0) is 132 Å². The second-order valence-electron chi connectivity index (χ2n) is 29.9. The maximum atomic E-state index is 15.0. The third kappa shape index (κ3) is 38.0. The number of ether oxygens (including phenoxy) is 3. The van der Waals surface area contributed by atoms with Crippen LogP contribution in [0.1, 0.15) is 197 Å². The van der Waals surface area contributed by atoms with Gasteiger partial charge in [-0.1, -0.05) is 100 Å². The highest BCUT2D eigenvalue weighted by molar-refractivity contribution is 8.76. The molecule has 1 unspecified atom stereocenters. The zero-order chi connectivity index (χ0) is 92.4. The molecule has 18 N–H and O–H groups in total. The minimum atomic E-state index is -2.02. The van der Waals surface area contributed by atoms with E-state index >= 15 is 4.79 Å². The summed E-state index contributed by atoms with van der Waals surface area (Å²) in [6.45, 7) is 13.2. The average molecular weight is 1800 g/mol. The second kappa shape index (κ2) is 54.1. The van der Waals surface area contributed by atoms with Gasteiger partial charge in [-0.15, -0.1) is 11.3 Å². The first-order valence-corrected chi connectivity index (χ1v) is 43.6. The van der Waals surface area contributed by atoms with Crippen molar-refractivity contribution in [2.75, 3.05) is 50.3 Å². The molecule has 2 heterocycles. The summed E-state index contributed by atoms with van der Waals surface area (Å²) in [4.78, 5) is 239. The number of carbonyl (C=O) groups excluding carboxylic acids is 12. The Hall–Kier alpha value is -11.6. The number of phenols is 1. The number of aromatic nitrogens is 1. The Kier molecular flexibility index (Phi) is 45.7. The number of likely N-dealkylation sites (N-methyl/N-ethyl adjacent to an activating group) is 1. The molecule has 686 valence electrons. The van der Waals surface area contributed by atoms with Crippen molar-refractivity contribution in [3.05, 3.63) is 75.7 Å². The number of aromatic hydroxyl groups is 1. The number of urea groups is 2. The molecule has 1 saturated heterocycles. The number of nitrogens with zero attached hydrogens (tertiary/aromatic N) is 3. The number of esters is 2. The summed E-state index contributed by atoms with van der Waals surface area (Å²) < 4.78 is 16.7. The lowest BCUT2D eigenvalue weighted by atomic mass is 9.92. The minimum absolute atomic E-state index is 0.00244. The van der Waals surface area contributed by atoms with Crippen LogP contribution in [0.15, 0.2) is 53.9 Å². The normalized spacial score (nSPS) is 15.4. The van der Waals surface area contributed by atoms with Crippen molar-refractivity contribution in [3.63, 3.8) is 0 Å². The number of hydrogen-bond donors (Lipinski definition) is 18. The highest BCUT2D eigenvalue weighted by Gasteiger charge is 2.41. The van der Waals surface area contributed by atoms with Gasteiger partial charge in [0, 0.05) is 73.3 Å². The van der Waals surface area contributed by atoms with Crippen LogP contribution < -0.4 is 58.7 Å². The van der Waals surface area contributed by atoms with Crippen LogP contribution in [0.3, 0.4) is 0 Å². The number of carbonyl (C=O) groups is 18. The Morgan fingerprint density at radius 3 is 1.81 bits per heavy atom. The van der Waals surface area contributed by atoms with E-state index in [9.17, 15) is 112 Å². The van der Waals surface area contributed by atoms with Crippen LogP contribution in [0.2, 0.25) is 0 Å². The Labute approximate surface area is 727 Å². The van der Waals surface area contributed by atoms with Crippen LogP contribution in [0.4, 0.5) is 20.1 Å². The number of benzene rings is 2. The van der Waals surface area contributed by atoms with Crippen molar-refractivity contribution in [2.45, 2.75) is 231 Å². The van der Waals surface area contributed by atoms with E-state index < -0.39 is 199 Å². The Balaban J connectivity index is 1.30. The number of carboxylic acids is 6. The Morgan fingerprint density at radius 2 is 1.24 bits per heavy atom. The number of anilines is 1. The van der Waals surface area contributed by atoms with E-state index in [-0.39, 0.29) is 129 Å². The maximum absolute atomic E-state index is 15.0. The summed E-state index contributed by atoms with van der Waals surface area (Å²) >= 11 is 0.999. The first-order valence-electron chi connectivity index (χ1n) is 40.2. The Bertz CT molecular complexity index is 4140. The summed E-state index contributed by atoms with van der Waals surface area (Å²) in [5.74, 6) is -19.2. The summed E-state index contributed by atoms with van der Waals surface area (Å²) in [6.07, 6.45) is -1.42. The number of hydrazine groups is 1. The molecule has 0 saturated carbocycles. The van der Waals surface area contributed by atoms with E-state index in [1.54, 1.807) is 19.1 Å². The van der Waals surface area contributed by atoms with E-state index in [0.717, 1.165) is 45.8 Å². The van der Waals surface area contributed by atoms with Crippen LogP contribution in [-0.2, 0) is 87.8 Å². The number of likely N-dealkylation sites (tertiary alicyclic amines) is 1. The molecule has 0 bridgehead atoms. The van der Waals surface area contributed by atoms with Crippen molar-refractivity contribution in [1.29, 1.82) is 0 Å². The van der Waals surface area contributed by atoms with Crippen molar-refractivity contribution < 1.29 is 136 Å². The predicted molar refractivity (Wildman–Crippen MR) is 448 cm³/mol. The number of thiazole rings is 1. The van der Waals surface area contributed by atoms with Gasteiger partial charge in [0.15, 0.2) is 12.8 Å². The largest absolute Gasteiger partial charge is 0.508 e. The maximum Gasteiger partial charge on any atom is 0.426 e. The lowest BCUT2D eigenvalue weighted by Gasteiger charge is -2.39. The number of aliphatic carboxylic acids is 6. The van der Waals surface area contributed by atoms with Gasteiger partial charge in [-0.25, -0.2) is 39.2 Å². The first kappa shape index (κ1) is 105. The monoisotopic (exact) mass is 1800 g/mol. The van der Waals surface area contributed by atoms with Crippen LogP contribution in [0.25, 0.3) is 0 Å². The number of unbranched alkanes of at least 4 members (excludes halogenated alkanes) is 1. The van der Waals surface area contributed by atoms with Gasteiger partial charge in [0.25, 0.3) is 5.91 Å². The molecule has 1 aromatic heterocycles. The highest BCUT2D eigenvalue weighted by atomic mass is 33.1. The highest BCUT2D eigenvalue weighted by Crippen LogP contribution is 2.33. The molecular formula is C79H114N14O28S3. The van der Waals surface area contributed by atoms with Crippen LogP contribution in [0, 0.1) is 17.8 Å². The molecule has 13 atom stereocenters. The molecule has 0 spiro atoms. The summed E-state index contributed by atoms with van der Waals surface area (Å²) in [7, 11) is 3.69. The van der Waals surface area contributed by atoms with Crippen molar-refractivity contribution in [2.24, 2.45) is 17.8 Å². The third-order valence-electron chi connectivity index (χ3n) is 19.8. The van der Waals surface area contributed by atoms with Crippen LogP contribution in [0.5, 0.6) is 5.75 Å². The molecule has 4 rings (SSSR count). The SMILES string of the molecule is CCCC(=O)OCN(C(=O)[C@@H](NC(=O)[C@H]1CCCCN1C)C(C)CC)[C@H](C[C@@H](OC(C)=O)c1nc(C(=O)N[C@@H](Cc2ccc(O)cc2)C[C@H](C)C(=O)NNC(=O)OCCSSC[C@H](NC(=O)[C@H](CC(=O)O)NC(=O)[C@H](CC(=O)O)NC(=O)[C@H](C)c2ccc(NC(=O)NCCCC[C@H](NC(=O)N[C@@H](CCCC(=O)O)C(=O)O)C(=O)O)cc2)C(=O)O)cs1)C(C)C. The molecular weight excluding hydrogens is 1690 g/mol. The lowest BCUT2D eigenvalue weighted by Crippen LogP contribution is -2.59. The van der Waals surface area contributed by atoms with Gasteiger partial charge >= 0.3 is 65.9 Å². The van der Waals surface area contributed by atoms with Gasteiger partial charge in [0.05, 0.1) is 24.8 Å². The van der Waals surface area contributed by atoms with Gasteiger partial charge in [0.1, 0.15) is 59.3 Å². The summed E-state index contributed by atoms with van der Waals surface area (Å²) in [6, 6.07) is -1.78. The van der Waals surface area contributed by atoms with Crippen LogP contribution in [-0.4, -0.2) is 257 Å². The molecule has 1 aliphatic rings. The van der Waals surface area contributed by atoms with Crippen molar-refractivity contribution in [3.8, 4) is 5.75 Å². The third-order valence-corrected chi connectivity index (χ3v) is 23.1. The number of amides is 12. The van der Waals surface area contributed by atoms with E-state index in [1.807, 2.05) is 39.6 Å². The fourth-order valence-electron chi connectivity index (χ4n) is 12.7. The smallest absolute Gasteiger partial charge is 0.426 e. The quantitative estimate of drug-likeness (QED) is 0.00919. The molecule has 124 heavy (non-hydrogen) atoms. The van der Waals surface area contributed by atoms with Crippen LogP contribution >= 0.6 is 32.9 Å². The average Bonchev–Trinajstić information content (AvgIpc) is 1.43. The van der Waals surface area contributed by atoms with Gasteiger partial charge in [-0.2, -0.15) is 0 Å². The minimum Gasteiger partial charge on any atom is -0.508 e. The first-order chi connectivity index (χ1) is 58.6. The molecule has 1 aliphatic heterocycles. The zero-order valence-electron chi connectivity index (χ0n) is 70.3. The van der Waals surface area contributed by atoms with Gasteiger partial charge in [0.2, 0.25) is 35.4 Å². The molecule has 3 aromatic rings. The van der Waals surface area contributed by atoms with Gasteiger partial charge in [-0.3, -0.25) is 67.9 Å². The molecule has 45 heteroatoms. The molecule has 42 nitrogen and oxygen atoms in total. The topological polar surface area (TPSA) is 628 Å². The number of phenolic OH excluding ortho intramolecular Hbond substituents is 1. The summed E-state index contributed by atoms with van der Waals surface area (Å²) in [5.41, 5.74) is 5.44. The molecule has 0 radical (unpaired) electrons. The number of hydrogen-bond acceptors (Lipinski definition) is 27. The number of carboxylic acid groups (broad SMARTS) is 6.